The van der Waals surface area contributed by atoms with Crippen LogP contribution < -0.4 is 10.1 Å². The maximum absolute atomic E-state index is 11.5. The van der Waals surface area contributed by atoms with Gasteiger partial charge in [-0.1, -0.05) is 19.8 Å². The molecule has 0 unspecified atom stereocenters. The first-order valence-corrected chi connectivity index (χ1v) is 6.71. The molecule has 0 aliphatic rings. The van der Waals surface area contributed by atoms with E-state index in [-0.39, 0.29) is 29.5 Å². The zero-order valence-corrected chi connectivity index (χ0v) is 11.8. The molecule has 1 amide bonds. The van der Waals surface area contributed by atoms with E-state index in [1.54, 1.807) is 0 Å². The summed E-state index contributed by atoms with van der Waals surface area (Å²) < 4.78 is 5.15. The first-order chi connectivity index (χ1) is 10.1. The van der Waals surface area contributed by atoms with Gasteiger partial charge in [0.2, 0.25) is 0 Å². The molecule has 0 aliphatic carbocycles. The van der Waals surface area contributed by atoms with Gasteiger partial charge in [0.25, 0.3) is 5.91 Å². The van der Waals surface area contributed by atoms with E-state index in [0.29, 0.717) is 12.8 Å². The lowest BCUT2D eigenvalue weighted by Crippen LogP contribution is -2.29. The van der Waals surface area contributed by atoms with Gasteiger partial charge < -0.3 is 10.1 Å². The van der Waals surface area contributed by atoms with Gasteiger partial charge >= 0.3 is 5.69 Å². The topological polar surface area (TPSA) is 98.5 Å². The molecule has 114 valence electrons. The predicted molar refractivity (Wildman–Crippen MR) is 76.5 cm³/mol. The highest BCUT2D eigenvalue weighted by Crippen LogP contribution is 2.27. The van der Waals surface area contributed by atoms with Gasteiger partial charge in [0.15, 0.2) is 12.4 Å². The van der Waals surface area contributed by atoms with Gasteiger partial charge in [0, 0.05) is 18.2 Å². The second-order valence-corrected chi connectivity index (χ2v) is 4.45. The summed E-state index contributed by atoms with van der Waals surface area (Å²) in [5.41, 5.74) is -0.156. The number of carbonyl (C=O) groups excluding carboxylic acids is 2. The van der Waals surface area contributed by atoms with Crippen molar-refractivity contribution in [2.75, 3.05) is 13.2 Å². The van der Waals surface area contributed by atoms with Crippen LogP contribution in [0.3, 0.4) is 0 Å². The van der Waals surface area contributed by atoms with Gasteiger partial charge in [-0.3, -0.25) is 19.7 Å². The van der Waals surface area contributed by atoms with E-state index >= 15 is 0 Å². The van der Waals surface area contributed by atoms with E-state index in [2.05, 4.69) is 12.2 Å². The number of unbranched alkanes of at least 4 members (excludes halogenated alkanes) is 2. The Morgan fingerprint density at radius 2 is 2.19 bits per heavy atom. The first kappa shape index (κ1) is 16.6. The molecule has 0 bridgehead atoms. The number of benzene rings is 1. The number of aldehydes is 1. The Morgan fingerprint density at radius 1 is 1.43 bits per heavy atom. The number of rotatable bonds is 9. The van der Waals surface area contributed by atoms with Gasteiger partial charge in [0.1, 0.15) is 6.29 Å². The molecule has 1 N–H and O–H groups in total. The van der Waals surface area contributed by atoms with Crippen LogP contribution >= 0.6 is 0 Å². The zero-order chi connectivity index (χ0) is 15.7. The van der Waals surface area contributed by atoms with Crippen LogP contribution in [0, 0.1) is 10.1 Å². The normalized spacial score (nSPS) is 9.95. The fourth-order valence-corrected chi connectivity index (χ4v) is 1.67. The molecule has 0 spiro atoms. The highest BCUT2D eigenvalue weighted by atomic mass is 16.6. The third-order valence-corrected chi connectivity index (χ3v) is 2.78. The van der Waals surface area contributed by atoms with Crippen molar-refractivity contribution in [2.24, 2.45) is 0 Å². The summed E-state index contributed by atoms with van der Waals surface area (Å²) in [5, 5.41) is 13.6. The van der Waals surface area contributed by atoms with Crippen LogP contribution in [0.2, 0.25) is 0 Å². The fraction of sp³-hybridized carbons (Fsp3) is 0.429. The Kier molecular flexibility index (Phi) is 6.86. The van der Waals surface area contributed by atoms with E-state index in [9.17, 15) is 19.7 Å². The average Bonchev–Trinajstić information content (AvgIpc) is 2.49. The van der Waals surface area contributed by atoms with E-state index in [1.807, 2.05) is 0 Å². The Morgan fingerprint density at radius 3 is 2.81 bits per heavy atom. The standard InChI is InChI=1S/C14H18N2O5/c1-2-3-4-7-15-14(18)10-21-13-6-5-11(9-17)8-12(13)16(19)20/h5-6,8-9H,2-4,7,10H2,1H3,(H,15,18). The largest absolute Gasteiger partial charge is 0.477 e. The van der Waals surface area contributed by atoms with Crippen molar-refractivity contribution in [3.05, 3.63) is 33.9 Å². The lowest BCUT2D eigenvalue weighted by atomic mass is 10.2. The number of nitrogens with zero attached hydrogens (tertiary/aromatic N) is 1. The van der Waals surface area contributed by atoms with E-state index in [0.717, 1.165) is 25.3 Å². The monoisotopic (exact) mass is 294 g/mol. The van der Waals surface area contributed by atoms with Crippen LogP contribution in [0.15, 0.2) is 18.2 Å². The molecule has 0 fully saturated rings. The minimum absolute atomic E-state index is 0.0330. The molecular weight excluding hydrogens is 276 g/mol. The van der Waals surface area contributed by atoms with Crippen LogP contribution in [0.4, 0.5) is 5.69 Å². The summed E-state index contributed by atoms with van der Waals surface area (Å²) in [6.45, 7) is 2.32. The molecule has 0 heterocycles. The van der Waals surface area contributed by atoms with E-state index < -0.39 is 4.92 Å². The maximum Gasteiger partial charge on any atom is 0.311 e. The molecule has 0 radical (unpaired) electrons. The van der Waals surface area contributed by atoms with Crippen molar-refractivity contribution >= 4 is 17.9 Å². The number of nitro benzene ring substituents is 1. The molecule has 0 aromatic heterocycles. The molecule has 21 heavy (non-hydrogen) atoms. The minimum Gasteiger partial charge on any atom is -0.477 e. The third kappa shape index (κ3) is 5.60. The van der Waals surface area contributed by atoms with Crippen molar-refractivity contribution < 1.29 is 19.2 Å². The lowest BCUT2D eigenvalue weighted by Gasteiger charge is -2.08. The van der Waals surface area contributed by atoms with Gasteiger partial charge in [-0.15, -0.1) is 0 Å². The van der Waals surface area contributed by atoms with E-state index in [4.69, 9.17) is 4.74 Å². The SMILES string of the molecule is CCCCCNC(=O)COc1ccc(C=O)cc1[N+](=O)[O-]. The van der Waals surface area contributed by atoms with Crippen molar-refractivity contribution in [2.45, 2.75) is 26.2 Å². The molecule has 0 saturated heterocycles. The van der Waals surface area contributed by atoms with Crippen molar-refractivity contribution in [1.82, 2.24) is 5.32 Å². The molecule has 0 atom stereocenters. The highest BCUT2D eigenvalue weighted by molar-refractivity contribution is 5.79. The maximum atomic E-state index is 11.5. The molecule has 7 heteroatoms. The number of amides is 1. The lowest BCUT2D eigenvalue weighted by molar-refractivity contribution is -0.385. The quantitative estimate of drug-likeness (QED) is 0.325. The van der Waals surface area contributed by atoms with Gasteiger partial charge in [-0.05, 0) is 18.6 Å². The summed E-state index contributed by atoms with van der Waals surface area (Å²) >= 11 is 0. The van der Waals surface area contributed by atoms with Gasteiger partial charge in [-0.25, -0.2) is 0 Å². The summed E-state index contributed by atoms with van der Waals surface area (Å²) in [6, 6.07) is 3.82. The third-order valence-electron chi connectivity index (χ3n) is 2.78. The highest BCUT2D eigenvalue weighted by Gasteiger charge is 2.16. The number of carbonyl (C=O) groups is 2. The van der Waals surface area contributed by atoms with Crippen molar-refractivity contribution in [3.63, 3.8) is 0 Å². The van der Waals surface area contributed by atoms with Gasteiger partial charge in [-0.2, -0.15) is 0 Å². The Bertz CT molecular complexity index is 516. The summed E-state index contributed by atoms with van der Waals surface area (Å²) in [7, 11) is 0. The number of hydrogen-bond acceptors (Lipinski definition) is 5. The van der Waals surface area contributed by atoms with Crippen LogP contribution in [0.5, 0.6) is 5.75 Å². The number of nitro groups is 1. The summed E-state index contributed by atoms with van der Waals surface area (Å²) in [6.07, 6.45) is 3.48. The number of nitrogens with one attached hydrogen (secondary N) is 1. The second kappa shape index (κ2) is 8.68. The molecule has 7 nitrogen and oxygen atoms in total. The fourth-order valence-electron chi connectivity index (χ4n) is 1.67. The Balaban J connectivity index is 2.56. The zero-order valence-electron chi connectivity index (χ0n) is 11.8. The molecule has 1 rings (SSSR count). The number of hydrogen-bond donors (Lipinski definition) is 1. The second-order valence-electron chi connectivity index (χ2n) is 4.45. The smallest absolute Gasteiger partial charge is 0.311 e. The Labute approximate surface area is 122 Å². The molecular formula is C14H18N2O5. The van der Waals surface area contributed by atoms with Crippen molar-refractivity contribution in [3.8, 4) is 5.75 Å². The Hall–Kier alpha value is -2.44. The molecule has 0 saturated carbocycles. The average molecular weight is 294 g/mol. The summed E-state index contributed by atoms with van der Waals surface area (Å²) in [4.78, 5) is 32.4. The van der Waals surface area contributed by atoms with Crippen LogP contribution in [-0.2, 0) is 4.79 Å². The molecule has 1 aromatic carbocycles. The van der Waals surface area contributed by atoms with Crippen LogP contribution in [0.25, 0.3) is 0 Å². The number of ether oxygens (including phenoxy) is 1. The minimum atomic E-state index is -0.651. The van der Waals surface area contributed by atoms with Crippen molar-refractivity contribution in [1.29, 1.82) is 0 Å². The van der Waals surface area contributed by atoms with Gasteiger partial charge in [0.05, 0.1) is 4.92 Å². The van der Waals surface area contributed by atoms with Crippen LogP contribution in [0.1, 0.15) is 36.5 Å². The molecule has 0 aliphatic heterocycles. The predicted octanol–water partition coefficient (Wildman–Crippen LogP) is 2.09. The molecule has 1 aromatic rings. The van der Waals surface area contributed by atoms with E-state index in [1.165, 1.54) is 12.1 Å². The first-order valence-electron chi connectivity index (χ1n) is 6.71. The van der Waals surface area contributed by atoms with Crippen LogP contribution in [-0.4, -0.2) is 30.3 Å². The summed E-state index contributed by atoms with van der Waals surface area (Å²) in [5.74, 6) is -0.367.